The summed E-state index contributed by atoms with van der Waals surface area (Å²) in [5, 5.41) is 0.170. The molecule has 1 unspecified atom stereocenters. The lowest BCUT2D eigenvalue weighted by Gasteiger charge is -2.30. The Labute approximate surface area is 99.4 Å². The van der Waals surface area contributed by atoms with E-state index in [-0.39, 0.29) is 23.1 Å². The van der Waals surface area contributed by atoms with Crippen molar-refractivity contribution in [3.05, 3.63) is 47.0 Å². The van der Waals surface area contributed by atoms with E-state index in [0.717, 1.165) is 0 Å². The lowest BCUT2D eigenvalue weighted by Crippen LogP contribution is -2.45. The summed E-state index contributed by atoms with van der Waals surface area (Å²) in [5.74, 6) is -0.915. The van der Waals surface area contributed by atoms with Gasteiger partial charge in [-0.25, -0.2) is 0 Å². The van der Waals surface area contributed by atoms with Gasteiger partial charge >= 0.3 is 0 Å². The summed E-state index contributed by atoms with van der Waals surface area (Å²) >= 11 is 6.00. The zero-order valence-corrected chi connectivity index (χ0v) is 8.64. The van der Waals surface area contributed by atoms with Crippen LogP contribution in [0.15, 0.2) is 36.4 Å². The van der Waals surface area contributed by atoms with E-state index in [1.54, 1.807) is 12.1 Å². The minimum atomic E-state index is -2.17. The molecule has 1 aromatic rings. The summed E-state index contributed by atoms with van der Waals surface area (Å²) in [7, 11) is 0. The number of halogens is 1. The van der Waals surface area contributed by atoms with Crippen LogP contribution in [-0.4, -0.2) is 5.78 Å². The molecule has 2 rings (SSSR count). The summed E-state index contributed by atoms with van der Waals surface area (Å²) < 4.78 is 31.1. The molecule has 78 valence electrons. The second-order valence-electron chi connectivity index (χ2n) is 3.27. The van der Waals surface area contributed by atoms with Crippen molar-refractivity contribution in [1.82, 2.24) is 0 Å². The highest BCUT2D eigenvalue weighted by molar-refractivity contribution is 6.31. The van der Waals surface area contributed by atoms with Crippen LogP contribution in [0.2, 0.25) is 5.02 Å². The lowest BCUT2D eigenvalue weighted by atomic mass is 9.79. The first-order chi connectivity index (χ1) is 8.72. The van der Waals surface area contributed by atoms with Crippen molar-refractivity contribution in [3.8, 4) is 0 Å². The Kier molecular flexibility index (Phi) is 1.64. The largest absolute Gasteiger partial charge is 0.315 e. The van der Waals surface area contributed by atoms with Gasteiger partial charge in [0.25, 0.3) is 0 Å². The van der Waals surface area contributed by atoms with E-state index >= 15 is 0 Å². The van der Waals surface area contributed by atoms with Crippen LogP contribution in [0, 0.1) is 0 Å². The van der Waals surface area contributed by atoms with Crippen molar-refractivity contribution in [3.63, 3.8) is 0 Å². The average Bonchev–Trinajstić information content (AvgIpc) is 2.34. The van der Waals surface area contributed by atoms with E-state index in [4.69, 9.17) is 22.8 Å². The van der Waals surface area contributed by atoms with Crippen LogP contribution in [0.5, 0.6) is 0 Å². The van der Waals surface area contributed by atoms with Crippen molar-refractivity contribution >= 4 is 17.4 Å². The van der Waals surface area contributed by atoms with Gasteiger partial charge in [-0.3, -0.25) is 4.79 Å². The smallest absolute Gasteiger partial charge is 0.179 e. The number of hydrogen-bond donors (Lipinski definition) is 1. The molecular formula is C12H12ClNO. The van der Waals surface area contributed by atoms with Gasteiger partial charge in [0, 0.05) is 7.76 Å². The number of carbonyl (C=O) groups excluding carboxylic acids is 1. The fraction of sp³-hybridized carbons (Fsp3) is 0.250. The Morgan fingerprint density at radius 2 is 2.27 bits per heavy atom. The van der Waals surface area contributed by atoms with Crippen molar-refractivity contribution in [2.75, 3.05) is 0 Å². The number of hydrogen-bond acceptors (Lipinski definition) is 2. The summed E-state index contributed by atoms with van der Waals surface area (Å²) in [6.45, 7) is 0. The fourth-order valence-corrected chi connectivity index (χ4v) is 1.77. The van der Waals surface area contributed by atoms with Crippen LogP contribution in [0.1, 0.15) is 23.8 Å². The Hall–Kier alpha value is -1.12. The minimum absolute atomic E-state index is 0.143. The molecule has 0 heterocycles. The lowest BCUT2D eigenvalue weighted by molar-refractivity contribution is -0.120. The average molecular weight is 226 g/mol. The molecule has 0 fully saturated rings. The minimum Gasteiger partial charge on any atom is -0.315 e. The summed E-state index contributed by atoms with van der Waals surface area (Å²) in [4.78, 5) is 12.2. The van der Waals surface area contributed by atoms with Crippen LogP contribution in [-0.2, 0) is 10.3 Å². The highest BCUT2D eigenvalue weighted by atomic mass is 35.5. The molecule has 1 aromatic carbocycles. The van der Waals surface area contributed by atoms with Gasteiger partial charge in [-0.1, -0.05) is 35.9 Å². The van der Waals surface area contributed by atoms with Crippen LogP contribution < -0.4 is 5.73 Å². The Bertz CT molecular complexity index is 587. The second-order valence-corrected chi connectivity index (χ2v) is 3.68. The molecule has 0 amide bonds. The van der Waals surface area contributed by atoms with Gasteiger partial charge in [-0.05, 0) is 30.5 Å². The maximum Gasteiger partial charge on any atom is 0.179 e. The predicted octanol–water partition coefficient (Wildman–Crippen LogP) is 2.41. The first-order valence-electron chi connectivity index (χ1n) is 6.47. The number of ketones is 1. The molecule has 2 nitrogen and oxygen atoms in total. The number of nitrogens with two attached hydrogens (primary N) is 1. The maximum absolute atomic E-state index is 12.2. The van der Waals surface area contributed by atoms with E-state index < -0.39 is 23.7 Å². The monoisotopic (exact) mass is 225 g/mol. The number of allylic oxidation sites excluding steroid dienone is 1. The summed E-state index contributed by atoms with van der Waals surface area (Å²) in [6, 6.07) is 5.33. The van der Waals surface area contributed by atoms with Crippen LogP contribution in [0.25, 0.3) is 0 Å². The van der Waals surface area contributed by atoms with E-state index in [2.05, 4.69) is 0 Å². The molecule has 0 saturated heterocycles. The highest BCUT2D eigenvalue weighted by Crippen LogP contribution is 2.33. The molecule has 15 heavy (non-hydrogen) atoms. The molecular weight excluding hydrogens is 210 g/mol. The normalized spacial score (nSPS) is 34.1. The topological polar surface area (TPSA) is 43.1 Å². The third-order valence-corrected chi connectivity index (χ3v) is 2.64. The van der Waals surface area contributed by atoms with Crippen molar-refractivity contribution in [2.45, 2.75) is 18.3 Å². The van der Waals surface area contributed by atoms with Gasteiger partial charge in [-0.15, -0.1) is 0 Å². The van der Waals surface area contributed by atoms with E-state index in [0.29, 0.717) is 0 Å². The van der Waals surface area contributed by atoms with Gasteiger partial charge in [-0.2, -0.15) is 0 Å². The zero-order chi connectivity index (χ0) is 14.4. The third kappa shape index (κ3) is 1.71. The summed E-state index contributed by atoms with van der Waals surface area (Å²) in [6.07, 6.45) is -2.56. The molecule has 1 aliphatic rings. The zero-order valence-electron chi connectivity index (χ0n) is 11.9. The maximum atomic E-state index is 12.2. The second kappa shape index (κ2) is 3.80. The Balaban J connectivity index is 2.71. The van der Waals surface area contributed by atoms with Crippen molar-refractivity contribution < 1.29 is 10.3 Å². The fourth-order valence-electron chi connectivity index (χ4n) is 1.49. The number of carbonyl (C=O) groups is 1. The number of rotatable bonds is 1. The van der Waals surface area contributed by atoms with Gasteiger partial charge in [0.15, 0.2) is 5.78 Å². The molecule has 0 aromatic heterocycles. The number of benzene rings is 1. The van der Waals surface area contributed by atoms with Gasteiger partial charge in [0.1, 0.15) is 5.54 Å². The SMILES string of the molecule is [2H]C1=C([2H])C(=O)C(N)(c2ccccc2Cl)C([2H])([2H])C1. The standard InChI is InChI=1S/C12H12ClNO/c13-10-6-2-1-5-9(10)12(14)8-4-3-7-11(12)15/h1-3,5-7H,4,8,14H2/i3D,7D,8D2. The molecule has 0 bridgehead atoms. The quantitative estimate of drug-likeness (QED) is 0.798. The molecule has 2 N–H and O–H groups in total. The first kappa shape index (κ1) is 6.46. The van der Waals surface area contributed by atoms with Crippen molar-refractivity contribution in [2.24, 2.45) is 5.73 Å². The Morgan fingerprint density at radius 3 is 3.00 bits per heavy atom. The van der Waals surface area contributed by atoms with Crippen LogP contribution >= 0.6 is 11.6 Å². The molecule has 0 saturated carbocycles. The van der Waals surface area contributed by atoms with Crippen LogP contribution in [0.4, 0.5) is 0 Å². The summed E-state index contributed by atoms with van der Waals surface area (Å²) in [5.41, 5.74) is 4.12. The molecule has 0 aliphatic heterocycles. The van der Waals surface area contributed by atoms with E-state index in [9.17, 15) is 4.79 Å². The molecule has 0 radical (unpaired) electrons. The highest BCUT2D eigenvalue weighted by Gasteiger charge is 2.36. The van der Waals surface area contributed by atoms with E-state index in [1.807, 2.05) is 0 Å². The van der Waals surface area contributed by atoms with E-state index in [1.165, 1.54) is 12.1 Å². The Morgan fingerprint density at radius 1 is 1.53 bits per heavy atom. The first-order valence-corrected chi connectivity index (χ1v) is 4.84. The van der Waals surface area contributed by atoms with Crippen LogP contribution in [0.3, 0.4) is 0 Å². The molecule has 3 heteroatoms. The predicted molar refractivity (Wildman–Crippen MR) is 60.7 cm³/mol. The van der Waals surface area contributed by atoms with Gasteiger partial charge in [0.2, 0.25) is 0 Å². The van der Waals surface area contributed by atoms with Crippen molar-refractivity contribution in [1.29, 1.82) is 0 Å². The molecule has 0 spiro atoms. The molecule has 1 aliphatic carbocycles. The third-order valence-electron chi connectivity index (χ3n) is 2.31. The van der Waals surface area contributed by atoms with Gasteiger partial charge in [0.05, 0.1) is 2.74 Å². The molecule has 1 atom stereocenters. The van der Waals surface area contributed by atoms with Gasteiger partial charge < -0.3 is 5.73 Å².